The maximum Gasteiger partial charge on any atom is 0.217 e. The lowest BCUT2D eigenvalue weighted by atomic mass is 9.95. The second-order valence-electron chi connectivity index (χ2n) is 6.25. The predicted octanol–water partition coefficient (Wildman–Crippen LogP) is -4.23. The van der Waals surface area contributed by atoms with Crippen molar-refractivity contribution < 1.29 is 49.6 Å². The molecule has 0 spiro atoms. The molecule has 1 amide bonds. The molecule has 146 valence electrons. The summed E-state index contributed by atoms with van der Waals surface area (Å²) in [5.41, 5.74) is 0. The predicted molar refractivity (Wildman–Crippen MR) is 78.8 cm³/mol. The van der Waals surface area contributed by atoms with Crippen LogP contribution in [0.5, 0.6) is 0 Å². The van der Waals surface area contributed by atoms with Gasteiger partial charge in [-0.2, -0.15) is 0 Å². The zero-order valence-electron chi connectivity index (χ0n) is 13.8. The van der Waals surface area contributed by atoms with E-state index in [1.165, 1.54) is 13.8 Å². The maximum absolute atomic E-state index is 11.2. The van der Waals surface area contributed by atoms with Crippen LogP contribution in [0.15, 0.2) is 0 Å². The number of carbonyl (C=O) groups is 1. The fraction of sp³-hybridized carbons (Fsp3) is 0.929. The van der Waals surface area contributed by atoms with E-state index in [2.05, 4.69) is 5.32 Å². The second-order valence-corrected chi connectivity index (χ2v) is 6.25. The normalized spacial score (nSPS) is 48.2. The Morgan fingerprint density at radius 1 is 1.04 bits per heavy atom. The van der Waals surface area contributed by atoms with E-state index in [0.29, 0.717) is 0 Å². The molecule has 0 saturated carbocycles. The molecule has 11 heteroatoms. The molecule has 2 rings (SSSR count). The van der Waals surface area contributed by atoms with Crippen molar-refractivity contribution in [1.82, 2.24) is 5.32 Å². The van der Waals surface area contributed by atoms with Crippen molar-refractivity contribution in [2.75, 3.05) is 6.61 Å². The van der Waals surface area contributed by atoms with Crippen molar-refractivity contribution in [3.8, 4) is 0 Å². The third-order valence-electron chi connectivity index (χ3n) is 4.34. The molecule has 11 nitrogen and oxygen atoms in total. The molecule has 2 saturated heterocycles. The van der Waals surface area contributed by atoms with Gasteiger partial charge in [0.05, 0.1) is 12.7 Å². The number of rotatable bonds is 4. The minimum absolute atomic E-state index is 0.533. The van der Waals surface area contributed by atoms with Gasteiger partial charge in [-0.3, -0.25) is 4.79 Å². The van der Waals surface area contributed by atoms with E-state index in [9.17, 15) is 35.4 Å². The van der Waals surface area contributed by atoms with Crippen molar-refractivity contribution in [1.29, 1.82) is 0 Å². The first kappa shape index (κ1) is 20.4. The summed E-state index contributed by atoms with van der Waals surface area (Å²) in [5, 5.41) is 61.5. The summed E-state index contributed by atoms with van der Waals surface area (Å²) in [6.45, 7) is 2.01. The van der Waals surface area contributed by atoms with Crippen LogP contribution in [0.25, 0.3) is 0 Å². The van der Waals surface area contributed by atoms with Gasteiger partial charge in [0.2, 0.25) is 5.91 Å². The lowest BCUT2D eigenvalue weighted by Gasteiger charge is -2.46. The first-order valence-electron chi connectivity index (χ1n) is 7.92. The van der Waals surface area contributed by atoms with E-state index in [0.717, 1.165) is 0 Å². The van der Waals surface area contributed by atoms with E-state index >= 15 is 0 Å². The van der Waals surface area contributed by atoms with Gasteiger partial charge in [-0.15, -0.1) is 0 Å². The Morgan fingerprint density at radius 3 is 2.24 bits per heavy atom. The summed E-state index contributed by atoms with van der Waals surface area (Å²) in [5.74, 6) is -0.533. The van der Waals surface area contributed by atoms with Crippen molar-refractivity contribution in [2.24, 2.45) is 0 Å². The Hall–Kier alpha value is -0.890. The number of aliphatic hydroxyl groups excluding tert-OH is 6. The summed E-state index contributed by atoms with van der Waals surface area (Å²) in [4.78, 5) is 11.2. The Morgan fingerprint density at radius 2 is 1.68 bits per heavy atom. The number of carbonyl (C=O) groups excluding carboxylic acids is 1. The highest BCUT2D eigenvalue weighted by molar-refractivity contribution is 5.73. The van der Waals surface area contributed by atoms with Crippen LogP contribution in [0.2, 0.25) is 0 Å². The number of nitrogens with one attached hydrogen (secondary N) is 1. The first-order chi connectivity index (χ1) is 11.7. The number of hydrogen-bond acceptors (Lipinski definition) is 10. The molecule has 0 aromatic carbocycles. The Bertz CT molecular complexity index is 465. The monoisotopic (exact) mass is 367 g/mol. The molecule has 7 N–H and O–H groups in total. The van der Waals surface area contributed by atoms with Crippen LogP contribution in [-0.2, 0) is 19.0 Å². The van der Waals surface area contributed by atoms with Gasteiger partial charge in [-0.25, -0.2) is 0 Å². The molecule has 2 heterocycles. The second kappa shape index (κ2) is 8.20. The summed E-state index contributed by atoms with van der Waals surface area (Å²) in [6, 6.07) is -1.24. The van der Waals surface area contributed by atoms with Crippen LogP contribution >= 0.6 is 0 Å². The molecule has 10 atom stereocenters. The highest BCUT2D eigenvalue weighted by Gasteiger charge is 2.50. The lowest BCUT2D eigenvalue weighted by molar-refractivity contribution is -0.341. The highest BCUT2D eigenvalue weighted by atomic mass is 16.7. The van der Waals surface area contributed by atoms with Gasteiger partial charge in [0.1, 0.15) is 42.7 Å². The number of aliphatic hydroxyl groups is 6. The fourth-order valence-corrected chi connectivity index (χ4v) is 2.92. The van der Waals surface area contributed by atoms with Crippen molar-refractivity contribution in [2.45, 2.75) is 75.2 Å². The van der Waals surface area contributed by atoms with Crippen LogP contribution in [-0.4, -0.2) is 105 Å². The maximum atomic E-state index is 11.2. The molecule has 0 aromatic rings. The third kappa shape index (κ3) is 4.27. The Kier molecular flexibility index (Phi) is 6.70. The van der Waals surface area contributed by atoms with Gasteiger partial charge >= 0.3 is 0 Å². The Balaban J connectivity index is 2.15. The van der Waals surface area contributed by atoms with Crippen LogP contribution in [0, 0.1) is 0 Å². The minimum atomic E-state index is -1.62. The van der Waals surface area contributed by atoms with E-state index < -0.39 is 73.9 Å². The summed E-state index contributed by atoms with van der Waals surface area (Å²) < 4.78 is 15.9. The van der Waals surface area contributed by atoms with Gasteiger partial charge < -0.3 is 50.2 Å². The summed E-state index contributed by atoms with van der Waals surface area (Å²) >= 11 is 0. The van der Waals surface area contributed by atoms with Crippen molar-refractivity contribution in [3.05, 3.63) is 0 Å². The largest absolute Gasteiger partial charge is 0.394 e. The molecule has 2 aliphatic rings. The van der Waals surface area contributed by atoms with Crippen LogP contribution < -0.4 is 5.32 Å². The molecule has 0 aromatic heterocycles. The number of amides is 1. The van der Waals surface area contributed by atoms with E-state index in [-0.39, 0.29) is 0 Å². The summed E-state index contributed by atoms with van der Waals surface area (Å²) in [7, 11) is 0. The van der Waals surface area contributed by atoms with Gasteiger partial charge in [0, 0.05) is 6.92 Å². The molecule has 0 radical (unpaired) electrons. The highest BCUT2D eigenvalue weighted by Crippen LogP contribution is 2.28. The standard InChI is InChI=1S/C14H25NO10/c1-4-8(18)10(20)11(21)14(23-4)25-12-6(3-16)24-13(22)7(9(12)19)15-5(2)17/h4,6-14,16,18-22H,3H2,1-2H3,(H,15,17)/t4-,6-,7+,8+,9+,10+,11-,12+,13-,14+/m1/s1. The lowest BCUT2D eigenvalue weighted by Crippen LogP contribution is -2.66. The van der Waals surface area contributed by atoms with Gasteiger partial charge in [-0.05, 0) is 6.92 Å². The molecule has 0 aliphatic carbocycles. The number of ether oxygens (including phenoxy) is 3. The molecule has 2 aliphatic heterocycles. The number of hydrogen-bond donors (Lipinski definition) is 7. The quantitative estimate of drug-likeness (QED) is 0.257. The van der Waals surface area contributed by atoms with Gasteiger partial charge in [0.25, 0.3) is 0 Å². The minimum Gasteiger partial charge on any atom is -0.394 e. The van der Waals surface area contributed by atoms with Crippen molar-refractivity contribution >= 4 is 5.91 Å². The average Bonchev–Trinajstić information content (AvgIpc) is 2.56. The third-order valence-corrected chi connectivity index (χ3v) is 4.34. The SMILES string of the molecule is CC(=O)N[C@H]1[C@H](O)[C@@H](O[C@@H]2O[C@H](C)[C@H](O)[C@H](O)[C@H]2O)[C@@H](CO)O[C@H]1O. The zero-order chi connectivity index (χ0) is 18.9. The van der Waals surface area contributed by atoms with E-state index in [1.54, 1.807) is 0 Å². The smallest absolute Gasteiger partial charge is 0.217 e. The Labute approximate surface area is 143 Å². The fourth-order valence-electron chi connectivity index (χ4n) is 2.92. The molecule has 2 fully saturated rings. The molecular formula is C14H25NO10. The zero-order valence-corrected chi connectivity index (χ0v) is 13.8. The molecule has 0 unspecified atom stereocenters. The average molecular weight is 367 g/mol. The topological polar surface area (TPSA) is 178 Å². The van der Waals surface area contributed by atoms with Gasteiger partial charge in [0.15, 0.2) is 12.6 Å². The molecule has 25 heavy (non-hydrogen) atoms. The van der Waals surface area contributed by atoms with Crippen molar-refractivity contribution in [3.63, 3.8) is 0 Å². The molecule has 0 bridgehead atoms. The van der Waals surface area contributed by atoms with E-state index in [1.807, 2.05) is 0 Å². The first-order valence-corrected chi connectivity index (χ1v) is 7.92. The summed E-state index contributed by atoms with van der Waals surface area (Å²) in [6.07, 6.45) is -12.3. The molecular weight excluding hydrogens is 342 g/mol. The van der Waals surface area contributed by atoms with E-state index in [4.69, 9.17) is 14.2 Å². The van der Waals surface area contributed by atoms with Crippen LogP contribution in [0.3, 0.4) is 0 Å². The van der Waals surface area contributed by atoms with Crippen LogP contribution in [0.1, 0.15) is 13.8 Å². The van der Waals surface area contributed by atoms with Gasteiger partial charge in [-0.1, -0.05) is 0 Å². The van der Waals surface area contributed by atoms with Crippen LogP contribution in [0.4, 0.5) is 0 Å².